The van der Waals surface area contributed by atoms with E-state index >= 15 is 0 Å². The molecule has 6 heteroatoms. The summed E-state index contributed by atoms with van der Waals surface area (Å²) in [7, 11) is 3.09. The van der Waals surface area contributed by atoms with E-state index in [2.05, 4.69) is 10.7 Å². The van der Waals surface area contributed by atoms with E-state index in [0.29, 0.717) is 28.4 Å². The molecule has 0 unspecified atom stereocenters. The zero-order valence-electron chi connectivity index (χ0n) is 11.8. The number of nitrogens with one attached hydrogen (secondary N) is 2. The Labute approximate surface area is 122 Å². The SMILES string of the molecule is COc1ccc(OC)c(NC(=O)c2ccccc2NN)c1. The Kier molecular flexibility index (Phi) is 4.63. The Hall–Kier alpha value is -2.73. The number of para-hydroxylation sites is 1. The van der Waals surface area contributed by atoms with Gasteiger partial charge in [0, 0.05) is 6.07 Å². The van der Waals surface area contributed by atoms with Gasteiger partial charge in [-0.05, 0) is 24.3 Å². The summed E-state index contributed by atoms with van der Waals surface area (Å²) in [6.07, 6.45) is 0. The second-order valence-corrected chi connectivity index (χ2v) is 4.21. The molecule has 6 nitrogen and oxygen atoms in total. The lowest BCUT2D eigenvalue weighted by atomic mass is 10.1. The molecule has 0 heterocycles. The molecule has 0 saturated heterocycles. The minimum atomic E-state index is -0.296. The van der Waals surface area contributed by atoms with Gasteiger partial charge < -0.3 is 20.2 Å². The van der Waals surface area contributed by atoms with Crippen molar-refractivity contribution in [3.8, 4) is 11.5 Å². The van der Waals surface area contributed by atoms with Gasteiger partial charge in [0.2, 0.25) is 0 Å². The number of nitrogens with two attached hydrogens (primary N) is 1. The van der Waals surface area contributed by atoms with Gasteiger partial charge in [0.1, 0.15) is 11.5 Å². The van der Waals surface area contributed by atoms with Crippen LogP contribution in [0.1, 0.15) is 10.4 Å². The largest absolute Gasteiger partial charge is 0.497 e. The van der Waals surface area contributed by atoms with Crippen molar-refractivity contribution in [1.29, 1.82) is 0 Å². The monoisotopic (exact) mass is 287 g/mol. The summed E-state index contributed by atoms with van der Waals surface area (Å²) in [4.78, 5) is 12.4. The van der Waals surface area contributed by atoms with Crippen molar-refractivity contribution in [3.63, 3.8) is 0 Å². The summed E-state index contributed by atoms with van der Waals surface area (Å²) in [5.41, 5.74) is 3.99. The fourth-order valence-electron chi connectivity index (χ4n) is 1.91. The van der Waals surface area contributed by atoms with Crippen LogP contribution in [0.3, 0.4) is 0 Å². The Bertz CT molecular complexity index is 644. The van der Waals surface area contributed by atoms with Crippen LogP contribution >= 0.6 is 0 Å². The maximum atomic E-state index is 12.4. The van der Waals surface area contributed by atoms with E-state index in [9.17, 15) is 4.79 Å². The summed E-state index contributed by atoms with van der Waals surface area (Å²) in [6, 6.07) is 12.1. The predicted molar refractivity (Wildman–Crippen MR) is 81.8 cm³/mol. The molecule has 2 aromatic carbocycles. The topological polar surface area (TPSA) is 85.6 Å². The third-order valence-electron chi connectivity index (χ3n) is 2.98. The van der Waals surface area contributed by atoms with E-state index in [1.807, 2.05) is 0 Å². The number of rotatable bonds is 5. The Balaban J connectivity index is 2.30. The van der Waals surface area contributed by atoms with E-state index in [-0.39, 0.29) is 5.91 Å². The average molecular weight is 287 g/mol. The molecule has 0 bridgehead atoms. The number of hydrazine groups is 1. The number of amides is 1. The van der Waals surface area contributed by atoms with Crippen molar-refractivity contribution in [3.05, 3.63) is 48.0 Å². The Morgan fingerprint density at radius 3 is 2.48 bits per heavy atom. The molecule has 0 atom stereocenters. The Morgan fingerprint density at radius 2 is 1.81 bits per heavy atom. The van der Waals surface area contributed by atoms with Crippen LogP contribution in [0.15, 0.2) is 42.5 Å². The first-order chi connectivity index (χ1) is 10.2. The number of anilines is 2. The highest BCUT2D eigenvalue weighted by Gasteiger charge is 2.13. The molecular weight excluding hydrogens is 270 g/mol. The van der Waals surface area contributed by atoms with E-state index in [1.54, 1.807) is 49.6 Å². The lowest BCUT2D eigenvalue weighted by Crippen LogP contribution is -2.17. The quantitative estimate of drug-likeness (QED) is 0.580. The molecule has 4 N–H and O–H groups in total. The zero-order chi connectivity index (χ0) is 15.2. The number of ether oxygens (including phenoxy) is 2. The number of hydrogen-bond donors (Lipinski definition) is 3. The van der Waals surface area contributed by atoms with Gasteiger partial charge in [-0.15, -0.1) is 0 Å². The summed E-state index contributed by atoms with van der Waals surface area (Å²) < 4.78 is 10.4. The fraction of sp³-hybridized carbons (Fsp3) is 0.133. The van der Waals surface area contributed by atoms with Gasteiger partial charge >= 0.3 is 0 Å². The molecule has 0 spiro atoms. The summed E-state index contributed by atoms with van der Waals surface area (Å²) in [5, 5.41) is 2.79. The first kappa shape index (κ1) is 14.7. The molecule has 0 fully saturated rings. The van der Waals surface area contributed by atoms with E-state index in [4.69, 9.17) is 15.3 Å². The maximum Gasteiger partial charge on any atom is 0.257 e. The van der Waals surface area contributed by atoms with E-state index in [0.717, 1.165) is 0 Å². The summed E-state index contributed by atoms with van der Waals surface area (Å²) in [6.45, 7) is 0. The fourth-order valence-corrected chi connectivity index (χ4v) is 1.91. The number of hydrogen-bond acceptors (Lipinski definition) is 5. The molecule has 0 aromatic heterocycles. The van der Waals surface area contributed by atoms with Gasteiger partial charge in [-0.3, -0.25) is 10.6 Å². The number of nitrogen functional groups attached to an aromatic ring is 1. The highest BCUT2D eigenvalue weighted by Crippen LogP contribution is 2.29. The molecular formula is C15H17N3O3. The van der Waals surface area contributed by atoms with Crippen molar-refractivity contribution in [2.45, 2.75) is 0 Å². The molecule has 0 aliphatic heterocycles. The van der Waals surface area contributed by atoms with Crippen molar-refractivity contribution in [2.75, 3.05) is 25.0 Å². The molecule has 1 amide bonds. The molecule has 0 aliphatic rings. The van der Waals surface area contributed by atoms with Gasteiger partial charge in [0.15, 0.2) is 0 Å². The van der Waals surface area contributed by atoms with Crippen LogP contribution in [-0.4, -0.2) is 20.1 Å². The number of methoxy groups -OCH3 is 2. The molecule has 0 aliphatic carbocycles. The van der Waals surface area contributed by atoms with E-state index < -0.39 is 0 Å². The van der Waals surface area contributed by atoms with Gasteiger partial charge in [0.05, 0.1) is 31.2 Å². The lowest BCUT2D eigenvalue weighted by Gasteiger charge is -2.13. The average Bonchev–Trinajstić information content (AvgIpc) is 2.54. The number of carbonyl (C=O) groups is 1. The summed E-state index contributed by atoms with van der Waals surface area (Å²) >= 11 is 0. The maximum absolute atomic E-state index is 12.4. The third-order valence-corrected chi connectivity index (χ3v) is 2.98. The van der Waals surface area contributed by atoms with Crippen molar-refractivity contribution >= 4 is 17.3 Å². The minimum Gasteiger partial charge on any atom is -0.497 e. The molecule has 0 radical (unpaired) electrons. The lowest BCUT2D eigenvalue weighted by molar-refractivity contribution is 0.102. The zero-order valence-corrected chi connectivity index (χ0v) is 11.8. The van der Waals surface area contributed by atoms with E-state index in [1.165, 1.54) is 7.11 Å². The van der Waals surface area contributed by atoms with Gasteiger partial charge in [0.25, 0.3) is 5.91 Å². The van der Waals surface area contributed by atoms with Gasteiger partial charge in [-0.25, -0.2) is 0 Å². The third kappa shape index (κ3) is 3.24. The second kappa shape index (κ2) is 6.62. The molecule has 0 saturated carbocycles. The smallest absolute Gasteiger partial charge is 0.257 e. The van der Waals surface area contributed by atoms with Crippen LogP contribution in [0.5, 0.6) is 11.5 Å². The Morgan fingerprint density at radius 1 is 1.05 bits per heavy atom. The number of carbonyl (C=O) groups excluding carboxylic acids is 1. The molecule has 21 heavy (non-hydrogen) atoms. The first-order valence-electron chi connectivity index (χ1n) is 6.28. The van der Waals surface area contributed by atoms with Crippen LogP contribution in [0.2, 0.25) is 0 Å². The highest BCUT2D eigenvalue weighted by atomic mass is 16.5. The van der Waals surface area contributed by atoms with Crippen molar-refractivity contribution in [2.24, 2.45) is 5.84 Å². The first-order valence-corrected chi connectivity index (χ1v) is 6.28. The number of benzene rings is 2. The predicted octanol–water partition coefficient (Wildman–Crippen LogP) is 2.24. The van der Waals surface area contributed by atoms with Gasteiger partial charge in [-0.1, -0.05) is 12.1 Å². The molecule has 2 rings (SSSR count). The molecule has 110 valence electrons. The standard InChI is InChI=1S/C15H17N3O3/c1-20-10-7-8-14(21-2)13(9-10)17-15(19)11-5-3-4-6-12(11)18-16/h3-9,18H,16H2,1-2H3,(H,17,19). The summed E-state index contributed by atoms with van der Waals surface area (Å²) in [5.74, 6) is 6.28. The highest BCUT2D eigenvalue weighted by molar-refractivity contribution is 6.08. The van der Waals surface area contributed by atoms with Crippen LogP contribution < -0.4 is 26.1 Å². The molecule has 2 aromatic rings. The van der Waals surface area contributed by atoms with Crippen molar-refractivity contribution in [1.82, 2.24) is 0 Å². The second-order valence-electron chi connectivity index (χ2n) is 4.21. The van der Waals surface area contributed by atoms with Gasteiger partial charge in [-0.2, -0.15) is 0 Å². The van der Waals surface area contributed by atoms with Crippen LogP contribution in [0.4, 0.5) is 11.4 Å². The van der Waals surface area contributed by atoms with Crippen LogP contribution in [-0.2, 0) is 0 Å². The van der Waals surface area contributed by atoms with Crippen molar-refractivity contribution < 1.29 is 14.3 Å². The minimum absolute atomic E-state index is 0.296. The normalized spacial score (nSPS) is 9.86. The van der Waals surface area contributed by atoms with Crippen LogP contribution in [0, 0.1) is 0 Å². The van der Waals surface area contributed by atoms with Crippen LogP contribution in [0.25, 0.3) is 0 Å².